The van der Waals surface area contributed by atoms with Crippen LogP contribution in [0.4, 0.5) is 107 Å². The standard InChI is InChI=1S/C12H9F17O6S.3F2.FH/c13-5(8(17,18)19,4-33-2-1-3-36(30,31)32)34-12(28,29)7(16,10(23,24)25)35-11(26,27)6(14,15)9(20,21)22;3*1-2;/h1-4H2,(H,30,31,32);;;;1H. The number of hydrogen-bond acceptors (Lipinski definition) is 5. The maximum absolute atomic E-state index is 14.0. The largest absolute Gasteiger partial charge is 0.462 e. The van der Waals surface area contributed by atoms with E-state index < -0.39 is 83.9 Å². The molecule has 0 heterocycles. The van der Waals surface area contributed by atoms with Crippen molar-refractivity contribution in [2.45, 2.75) is 54.8 Å². The second kappa shape index (κ2) is 17.6. The zero-order valence-corrected chi connectivity index (χ0v) is 19.6. The molecule has 2 unspecified atom stereocenters. The monoisotopic (exact) mass is 738 g/mol. The molecule has 0 aliphatic rings. The van der Waals surface area contributed by atoms with Crippen LogP contribution in [0.3, 0.4) is 0 Å². The molecular weight excluding hydrogens is 728 g/mol. The number of alkyl halides is 17. The van der Waals surface area contributed by atoms with E-state index >= 15 is 0 Å². The third-order valence-corrected chi connectivity index (χ3v) is 4.23. The lowest BCUT2D eigenvalue weighted by molar-refractivity contribution is -0.553. The maximum Gasteiger partial charge on any atom is 0.462 e. The summed E-state index contributed by atoms with van der Waals surface area (Å²) < 4.78 is 303. The van der Waals surface area contributed by atoms with Gasteiger partial charge in [0.25, 0.3) is 10.1 Å². The van der Waals surface area contributed by atoms with Gasteiger partial charge in [-0.15, -0.1) is 0 Å². The lowest BCUT2D eigenvalue weighted by Gasteiger charge is -2.40. The number of hydrogen-bond donors (Lipinski definition) is 1. The molecule has 0 aromatic carbocycles. The normalized spacial score (nSPS) is 16.0. The Morgan fingerprint density at radius 3 is 1.21 bits per heavy atom. The van der Waals surface area contributed by atoms with Crippen molar-refractivity contribution in [3.63, 3.8) is 0 Å². The lowest BCUT2D eigenvalue weighted by Crippen LogP contribution is -2.67. The Morgan fingerprint density at radius 2 is 0.930 bits per heavy atom. The van der Waals surface area contributed by atoms with Gasteiger partial charge in [-0.2, -0.15) is 83.1 Å². The first-order valence-corrected chi connectivity index (χ1v) is 10.1. The first-order valence-electron chi connectivity index (χ1n) is 8.44. The van der Waals surface area contributed by atoms with Crippen LogP contribution in [0.25, 0.3) is 0 Å². The Kier molecular flexibility index (Phi) is 20.7. The predicted molar refractivity (Wildman–Crippen MR) is 83.9 cm³/mol. The predicted octanol–water partition coefficient (Wildman–Crippen LogP) is 7.83. The summed E-state index contributed by atoms with van der Waals surface area (Å²) in [5.74, 6) is -23.5. The molecule has 0 aliphatic carbocycles. The molecule has 0 amide bonds. The third kappa shape index (κ3) is 13.7. The Balaban J connectivity index is -0.000000643. The molecule has 0 aromatic heterocycles. The highest BCUT2D eigenvalue weighted by atomic mass is 32.2. The van der Waals surface area contributed by atoms with Gasteiger partial charge in [0.1, 0.15) is 6.61 Å². The number of rotatable bonds is 12. The fraction of sp³-hybridized carbons (Fsp3) is 1.00. The first kappa shape index (κ1) is 50.7. The smallest absolute Gasteiger partial charge is 0.375 e. The first-order chi connectivity index (χ1) is 18.4. The van der Waals surface area contributed by atoms with Crippen LogP contribution in [0.1, 0.15) is 6.42 Å². The number of halogens is 24. The Hall–Kier alpha value is -1.89. The number of ether oxygens (including phenoxy) is 3. The molecule has 31 heteroatoms. The molecule has 0 rings (SSSR count). The van der Waals surface area contributed by atoms with E-state index in [4.69, 9.17) is 32.0 Å². The Morgan fingerprint density at radius 1 is 0.558 bits per heavy atom. The van der Waals surface area contributed by atoms with E-state index in [1.165, 1.54) is 4.74 Å². The third-order valence-electron chi connectivity index (χ3n) is 3.42. The van der Waals surface area contributed by atoms with Crippen molar-refractivity contribution < 1.29 is 134 Å². The van der Waals surface area contributed by atoms with Gasteiger partial charge in [0.15, 0.2) is 0 Å². The second-order valence-electron chi connectivity index (χ2n) is 6.32. The molecule has 1 N–H and O–H groups in total. The van der Waals surface area contributed by atoms with Crippen molar-refractivity contribution in [1.29, 1.82) is 0 Å². The molecule has 0 radical (unpaired) electrons. The highest BCUT2D eigenvalue weighted by Gasteiger charge is 2.85. The van der Waals surface area contributed by atoms with E-state index in [0.29, 0.717) is 0 Å². The van der Waals surface area contributed by atoms with Crippen LogP contribution < -0.4 is 0 Å². The summed E-state index contributed by atoms with van der Waals surface area (Å²) in [4.78, 5) is 0. The maximum atomic E-state index is 14.0. The molecule has 2 atom stereocenters. The minimum Gasteiger partial charge on any atom is -0.375 e. The summed E-state index contributed by atoms with van der Waals surface area (Å²) in [7, 11) is -4.82. The van der Waals surface area contributed by atoms with Gasteiger partial charge in [0.05, 0.1) is 5.75 Å². The van der Waals surface area contributed by atoms with Gasteiger partial charge in [0, 0.05) is 34.1 Å². The average Bonchev–Trinajstić information content (AvgIpc) is 2.79. The van der Waals surface area contributed by atoms with Crippen molar-refractivity contribution in [3.8, 4) is 0 Å². The SMILES string of the molecule is F.FF.FF.FF.O=S(=O)(O)CCCOCC(F)(OC(F)(F)C(F)(OC(F)(F)C(F)(F)C(F)(F)F)C(F)(F)F)C(F)(F)F. The van der Waals surface area contributed by atoms with Crippen molar-refractivity contribution in [2.24, 2.45) is 0 Å². The van der Waals surface area contributed by atoms with Gasteiger partial charge in [-0.3, -0.25) is 18.7 Å². The molecule has 0 aliphatic heterocycles. The van der Waals surface area contributed by atoms with Gasteiger partial charge in [0.2, 0.25) is 0 Å². The van der Waals surface area contributed by atoms with E-state index in [-0.39, 0.29) is 4.70 Å². The molecule has 0 saturated heterocycles. The molecule has 43 heavy (non-hydrogen) atoms. The summed E-state index contributed by atoms with van der Waals surface area (Å²) in [6, 6.07) is 0. The van der Waals surface area contributed by atoms with Crippen molar-refractivity contribution >= 4 is 10.1 Å². The van der Waals surface area contributed by atoms with Gasteiger partial charge < -0.3 is 4.74 Å². The summed E-state index contributed by atoms with van der Waals surface area (Å²) in [5.41, 5.74) is 0. The summed E-state index contributed by atoms with van der Waals surface area (Å²) in [6.07, 6.45) is -39.2. The zero-order chi connectivity index (χ0) is 35.4. The van der Waals surface area contributed by atoms with Crippen LogP contribution in [-0.4, -0.2) is 80.3 Å². The van der Waals surface area contributed by atoms with E-state index in [2.05, 4.69) is 4.74 Å². The van der Waals surface area contributed by atoms with Gasteiger partial charge in [-0.05, 0) is 6.42 Å². The second-order valence-corrected chi connectivity index (χ2v) is 7.89. The van der Waals surface area contributed by atoms with E-state index in [1.54, 1.807) is 0 Å². The lowest BCUT2D eigenvalue weighted by atomic mass is 10.2. The van der Waals surface area contributed by atoms with E-state index in [1.807, 2.05) is 4.74 Å². The zero-order valence-electron chi connectivity index (χ0n) is 18.8. The van der Waals surface area contributed by atoms with E-state index in [9.17, 15) is 83.1 Å². The van der Waals surface area contributed by atoms with Crippen LogP contribution in [0.2, 0.25) is 0 Å². The molecule has 0 spiro atoms. The van der Waals surface area contributed by atoms with Crippen LogP contribution in [0.15, 0.2) is 0 Å². The van der Waals surface area contributed by atoms with Crippen LogP contribution >= 0.6 is 0 Å². The summed E-state index contributed by atoms with van der Waals surface area (Å²) >= 11 is 0. The Bertz CT molecular complexity index is 856. The highest BCUT2D eigenvalue weighted by Crippen LogP contribution is 2.56. The van der Waals surface area contributed by atoms with Gasteiger partial charge in [-0.25, -0.2) is 0 Å². The van der Waals surface area contributed by atoms with Crippen LogP contribution in [0.5, 0.6) is 0 Å². The van der Waals surface area contributed by atoms with Gasteiger partial charge in [-0.1, -0.05) is 0 Å². The minimum absolute atomic E-state index is 0. The van der Waals surface area contributed by atoms with Gasteiger partial charge >= 0.3 is 48.4 Å². The van der Waals surface area contributed by atoms with Crippen molar-refractivity contribution in [1.82, 2.24) is 0 Å². The van der Waals surface area contributed by atoms with Crippen LogP contribution in [0, 0.1) is 0 Å². The molecule has 0 fully saturated rings. The van der Waals surface area contributed by atoms with Crippen molar-refractivity contribution in [2.75, 3.05) is 19.0 Å². The molecule has 6 nitrogen and oxygen atoms in total. The molecule has 0 saturated carbocycles. The van der Waals surface area contributed by atoms with Crippen LogP contribution in [-0.2, 0) is 24.3 Å². The summed E-state index contributed by atoms with van der Waals surface area (Å²) in [5, 5.41) is 0. The molecule has 0 aromatic rings. The highest BCUT2D eigenvalue weighted by molar-refractivity contribution is 7.85. The fourth-order valence-electron chi connectivity index (χ4n) is 1.67. The molecule has 268 valence electrons. The minimum atomic E-state index is -7.99. The Labute approximate surface area is 219 Å². The van der Waals surface area contributed by atoms with Crippen molar-refractivity contribution in [3.05, 3.63) is 0 Å². The average molecular weight is 738 g/mol. The quantitative estimate of drug-likeness (QED) is 0.125. The summed E-state index contributed by atoms with van der Waals surface area (Å²) in [6.45, 7) is -4.47. The molecule has 0 bridgehead atoms. The fourth-order valence-corrected chi connectivity index (χ4v) is 2.16. The molecular formula is C12H10F24O6S. The van der Waals surface area contributed by atoms with E-state index in [0.717, 1.165) is 0 Å². The topological polar surface area (TPSA) is 82.1 Å².